The van der Waals surface area contributed by atoms with Crippen LogP contribution in [-0.4, -0.2) is 26.5 Å². The van der Waals surface area contributed by atoms with E-state index in [1.54, 1.807) is 0 Å². The van der Waals surface area contributed by atoms with E-state index in [1.165, 1.54) is 11.5 Å². The second-order valence-corrected chi connectivity index (χ2v) is 4.75. The Labute approximate surface area is 98.1 Å². The largest absolute Gasteiger partial charge is 0.481 e. The average Bonchev–Trinajstić information content (AvgIpc) is 2.87. The fraction of sp³-hybridized carbons (Fsp3) is 0.700. The molecule has 0 aromatic carbocycles. The first-order valence-electron chi connectivity index (χ1n) is 5.52. The molecule has 0 saturated heterocycles. The molecule has 1 aliphatic carbocycles. The number of carboxylic acids is 1. The number of hydrogen-bond acceptors (Lipinski definition) is 5. The Morgan fingerprint density at radius 3 is 3.06 bits per heavy atom. The molecule has 0 bridgehead atoms. The van der Waals surface area contributed by atoms with Crippen molar-refractivity contribution in [1.82, 2.24) is 9.36 Å². The topological polar surface area (TPSA) is 75.1 Å². The molecule has 0 aliphatic heterocycles. The van der Waals surface area contributed by atoms with Crippen LogP contribution in [0.2, 0.25) is 0 Å². The van der Waals surface area contributed by atoms with Crippen LogP contribution >= 0.6 is 11.5 Å². The van der Waals surface area contributed by atoms with Gasteiger partial charge in [0.15, 0.2) is 0 Å². The second-order valence-electron chi connectivity index (χ2n) is 4.00. The molecule has 0 amide bonds. The minimum atomic E-state index is -0.713. The zero-order valence-electron chi connectivity index (χ0n) is 9.14. The highest BCUT2D eigenvalue weighted by Gasteiger charge is 2.33. The van der Waals surface area contributed by atoms with Crippen LogP contribution < -0.4 is 5.32 Å². The molecule has 16 heavy (non-hydrogen) atoms. The van der Waals surface area contributed by atoms with E-state index in [1.807, 2.05) is 6.92 Å². The SMILES string of the molecule is CCc1nsc(NC2CCCC2C(=O)O)n1. The Balaban J connectivity index is 2.00. The van der Waals surface area contributed by atoms with Crippen molar-refractivity contribution in [2.75, 3.05) is 5.32 Å². The van der Waals surface area contributed by atoms with Gasteiger partial charge in [0.05, 0.1) is 5.92 Å². The van der Waals surface area contributed by atoms with E-state index in [4.69, 9.17) is 5.11 Å². The maximum Gasteiger partial charge on any atom is 0.308 e. The quantitative estimate of drug-likeness (QED) is 0.840. The van der Waals surface area contributed by atoms with E-state index in [-0.39, 0.29) is 12.0 Å². The first-order valence-corrected chi connectivity index (χ1v) is 6.30. The van der Waals surface area contributed by atoms with Crippen molar-refractivity contribution < 1.29 is 9.90 Å². The zero-order chi connectivity index (χ0) is 11.5. The number of carbonyl (C=O) groups is 1. The van der Waals surface area contributed by atoms with Gasteiger partial charge in [-0.25, -0.2) is 4.98 Å². The molecule has 2 rings (SSSR count). The number of nitrogens with one attached hydrogen (secondary N) is 1. The van der Waals surface area contributed by atoms with E-state index in [2.05, 4.69) is 14.7 Å². The van der Waals surface area contributed by atoms with Crippen LogP contribution in [0.3, 0.4) is 0 Å². The van der Waals surface area contributed by atoms with Crippen LogP contribution in [0.5, 0.6) is 0 Å². The van der Waals surface area contributed by atoms with Crippen molar-refractivity contribution in [2.24, 2.45) is 5.92 Å². The van der Waals surface area contributed by atoms with Gasteiger partial charge in [-0.2, -0.15) is 4.37 Å². The second kappa shape index (κ2) is 4.78. The molecule has 88 valence electrons. The van der Waals surface area contributed by atoms with Crippen molar-refractivity contribution >= 4 is 22.6 Å². The highest BCUT2D eigenvalue weighted by Crippen LogP contribution is 2.29. The van der Waals surface area contributed by atoms with Gasteiger partial charge in [-0.1, -0.05) is 13.3 Å². The minimum absolute atomic E-state index is 0.00940. The van der Waals surface area contributed by atoms with Crippen molar-refractivity contribution in [1.29, 1.82) is 0 Å². The van der Waals surface area contributed by atoms with Gasteiger partial charge in [-0.15, -0.1) is 0 Å². The Morgan fingerprint density at radius 2 is 2.44 bits per heavy atom. The molecule has 6 heteroatoms. The molecular formula is C10H15N3O2S. The number of aryl methyl sites for hydroxylation is 1. The van der Waals surface area contributed by atoms with E-state index in [9.17, 15) is 4.79 Å². The zero-order valence-corrected chi connectivity index (χ0v) is 9.96. The molecule has 5 nitrogen and oxygen atoms in total. The van der Waals surface area contributed by atoms with Crippen molar-refractivity contribution in [2.45, 2.75) is 38.6 Å². The first kappa shape index (κ1) is 11.3. The third-order valence-corrected chi connectivity index (χ3v) is 3.61. The van der Waals surface area contributed by atoms with Crippen LogP contribution in [0.1, 0.15) is 32.0 Å². The number of carboxylic acid groups (broad SMARTS) is 1. The highest BCUT2D eigenvalue weighted by molar-refractivity contribution is 7.09. The fourth-order valence-corrected chi connectivity index (χ4v) is 2.76. The van der Waals surface area contributed by atoms with Crippen LogP contribution in [-0.2, 0) is 11.2 Å². The summed E-state index contributed by atoms with van der Waals surface area (Å²) < 4.78 is 4.17. The van der Waals surface area contributed by atoms with Crippen molar-refractivity contribution in [3.05, 3.63) is 5.82 Å². The average molecular weight is 241 g/mol. The predicted octanol–water partition coefficient (Wildman–Crippen LogP) is 1.77. The summed E-state index contributed by atoms with van der Waals surface area (Å²) in [4.78, 5) is 15.3. The Hall–Kier alpha value is -1.17. The third kappa shape index (κ3) is 2.32. The van der Waals surface area contributed by atoms with E-state index >= 15 is 0 Å². The molecule has 2 atom stereocenters. The first-order chi connectivity index (χ1) is 7.70. The number of anilines is 1. The van der Waals surface area contributed by atoms with Gasteiger partial charge in [0.25, 0.3) is 0 Å². The monoisotopic (exact) mass is 241 g/mol. The lowest BCUT2D eigenvalue weighted by atomic mass is 10.0. The molecule has 1 aromatic heterocycles. The predicted molar refractivity (Wildman–Crippen MR) is 61.7 cm³/mol. The van der Waals surface area contributed by atoms with Crippen molar-refractivity contribution in [3.63, 3.8) is 0 Å². The van der Waals surface area contributed by atoms with E-state index < -0.39 is 5.97 Å². The molecule has 1 aliphatic rings. The molecule has 1 saturated carbocycles. The van der Waals surface area contributed by atoms with Crippen LogP contribution in [0.25, 0.3) is 0 Å². The fourth-order valence-electron chi connectivity index (χ4n) is 2.04. The summed E-state index contributed by atoms with van der Waals surface area (Å²) in [5.41, 5.74) is 0. The summed E-state index contributed by atoms with van der Waals surface area (Å²) in [5.74, 6) is -0.179. The molecule has 1 aromatic rings. The lowest BCUT2D eigenvalue weighted by molar-refractivity contribution is -0.141. The smallest absolute Gasteiger partial charge is 0.308 e. The maximum absolute atomic E-state index is 11.0. The summed E-state index contributed by atoms with van der Waals surface area (Å²) in [6, 6.07) is 0.00940. The van der Waals surface area contributed by atoms with Crippen LogP contribution in [0, 0.1) is 5.92 Å². The Kier molecular flexibility index (Phi) is 3.38. The van der Waals surface area contributed by atoms with Gasteiger partial charge in [-0.05, 0) is 12.8 Å². The van der Waals surface area contributed by atoms with Crippen LogP contribution in [0.4, 0.5) is 5.13 Å². The van der Waals surface area contributed by atoms with Crippen LogP contribution in [0.15, 0.2) is 0 Å². The highest BCUT2D eigenvalue weighted by atomic mass is 32.1. The molecule has 1 heterocycles. The molecule has 2 unspecified atom stereocenters. The molecule has 2 N–H and O–H groups in total. The summed E-state index contributed by atoms with van der Waals surface area (Å²) in [6.45, 7) is 2.00. The van der Waals surface area contributed by atoms with Gasteiger partial charge >= 0.3 is 5.97 Å². The van der Waals surface area contributed by atoms with Crippen molar-refractivity contribution in [3.8, 4) is 0 Å². The maximum atomic E-state index is 11.0. The van der Waals surface area contributed by atoms with E-state index in [0.29, 0.717) is 0 Å². The van der Waals surface area contributed by atoms with Gasteiger partial charge in [0.2, 0.25) is 5.13 Å². The lowest BCUT2D eigenvalue weighted by Gasteiger charge is -2.16. The Bertz CT molecular complexity index is 380. The number of hydrogen-bond donors (Lipinski definition) is 2. The van der Waals surface area contributed by atoms with Gasteiger partial charge in [0, 0.05) is 24.0 Å². The standard InChI is InChI=1S/C10H15N3O2S/c1-2-8-12-10(16-13-8)11-7-5-3-4-6(7)9(14)15/h6-7H,2-5H2,1H3,(H,14,15)(H,11,12,13). The molecule has 0 spiro atoms. The number of rotatable bonds is 4. The summed E-state index contributed by atoms with van der Waals surface area (Å²) in [7, 11) is 0. The summed E-state index contributed by atoms with van der Waals surface area (Å²) in [5, 5.41) is 13.0. The minimum Gasteiger partial charge on any atom is -0.481 e. The number of nitrogens with zero attached hydrogens (tertiary/aromatic N) is 2. The molecule has 0 radical (unpaired) electrons. The Morgan fingerprint density at radius 1 is 1.62 bits per heavy atom. The molecular weight excluding hydrogens is 226 g/mol. The van der Waals surface area contributed by atoms with Gasteiger partial charge in [-0.3, -0.25) is 4.79 Å². The molecule has 1 fully saturated rings. The third-order valence-electron chi connectivity index (χ3n) is 2.93. The lowest BCUT2D eigenvalue weighted by Crippen LogP contribution is -2.29. The van der Waals surface area contributed by atoms with E-state index in [0.717, 1.165) is 36.6 Å². The number of aliphatic carboxylic acids is 1. The number of aromatic nitrogens is 2. The summed E-state index contributed by atoms with van der Waals surface area (Å²) >= 11 is 1.31. The van der Waals surface area contributed by atoms with Gasteiger partial charge in [0.1, 0.15) is 5.82 Å². The normalized spacial score (nSPS) is 24.6. The summed E-state index contributed by atoms with van der Waals surface area (Å²) in [6.07, 6.45) is 3.43. The van der Waals surface area contributed by atoms with Gasteiger partial charge < -0.3 is 10.4 Å².